The smallest absolute Gasteiger partial charge is 0.198 e. The van der Waals surface area contributed by atoms with Gasteiger partial charge in [0.2, 0.25) is 0 Å². The minimum atomic E-state index is -0.765. The normalized spacial score (nSPS) is 19.2. The maximum absolute atomic E-state index is 12.8. The molecule has 2 aliphatic rings. The molecule has 5 nitrogen and oxygen atoms in total. The molecule has 114 valence electrons. The average molecular weight is 308 g/mol. The first kappa shape index (κ1) is 13.8. The first-order chi connectivity index (χ1) is 11.0. The number of rotatable bonds is 0. The van der Waals surface area contributed by atoms with Crippen LogP contribution in [0.3, 0.4) is 0 Å². The molecule has 0 spiro atoms. The SMILES string of the molecule is O=C1c2ccc3c(c2C(=O)c2cccc(O)c21)C(=O)CC(O)C3. The first-order valence-electron chi connectivity index (χ1n) is 7.27. The Morgan fingerprint density at radius 2 is 1.52 bits per heavy atom. The van der Waals surface area contributed by atoms with Crippen molar-refractivity contribution >= 4 is 17.3 Å². The van der Waals surface area contributed by atoms with E-state index in [2.05, 4.69) is 0 Å². The molecule has 0 saturated carbocycles. The van der Waals surface area contributed by atoms with Crippen LogP contribution in [0.15, 0.2) is 30.3 Å². The highest BCUT2D eigenvalue weighted by Crippen LogP contribution is 2.37. The van der Waals surface area contributed by atoms with Gasteiger partial charge in [-0.1, -0.05) is 18.2 Å². The van der Waals surface area contributed by atoms with Gasteiger partial charge in [0.15, 0.2) is 17.3 Å². The van der Waals surface area contributed by atoms with E-state index in [9.17, 15) is 24.6 Å². The lowest BCUT2D eigenvalue weighted by molar-refractivity contribution is 0.0845. The van der Waals surface area contributed by atoms with Crippen LogP contribution in [0, 0.1) is 0 Å². The number of carbonyl (C=O) groups excluding carboxylic acids is 3. The van der Waals surface area contributed by atoms with Crippen molar-refractivity contribution in [2.24, 2.45) is 0 Å². The van der Waals surface area contributed by atoms with Crippen molar-refractivity contribution in [1.29, 1.82) is 0 Å². The minimum Gasteiger partial charge on any atom is -0.507 e. The van der Waals surface area contributed by atoms with Crippen molar-refractivity contribution in [1.82, 2.24) is 0 Å². The number of hydrogen-bond acceptors (Lipinski definition) is 5. The number of phenolic OH excluding ortho intramolecular Hbond substituents is 1. The van der Waals surface area contributed by atoms with E-state index in [1.54, 1.807) is 6.07 Å². The molecule has 2 N–H and O–H groups in total. The van der Waals surface area contributed by atoms with Gasteiger partial charge in [-0.05, 0) is 24.1 Å². The molecule has 0 fully saturated rings. The Balaban J connectivity index is 2.03. The van der Waals surface area contributed by atoms with Gasteiger partial charge in [0, 0.05) is 28.7 Å². The monoisotopic (exact) mass is 308 g/mol. The summed E-state index contributed by atoms with van der Waals surface area (Å²) in [6.45, 7) is 0. The second-order valence-electron chi connectivity index (χ2n) is 5.87. The average Bonchev–Trinajstić information content (AvgIpc) is 2.51. The van der Waals surface area contributed by atoms with Gasteiger partial charge in [0.25, 0.3) is 0 Å². The number of benzene rings is 2. The van der Waals surface area contributed by atoms with E-state index in [1.807, 2.05) is 0 Å². The lowest BCUT2D eigenvalue weighted by Crippen LogP contribution is -2.30. The van der Waals surface area contributed by atoms with Crippen molar-refractivity contribution in [2.45, 2.75) is 18.9 Å². The number of aliphatic hydroxyl groups excluding tert-OH is 1. The lowest BCUT2D eigenvalue weighted by atomic mass is 9.76. The summed E-state index contributed by atoms with van der Waals surface area (Å²) in [5.74, 6) is -1.48. The summed E-state index contributed by atoms with van der Waals surface area (Å²) in [6.07, 6.45) is -0.542. The third kappa shape index (κ3) is 1.80. The molecule has 23 heavy (non-hydrogen) atoms. The molecule has 5 heteroatoms. The van der Waals surface area contributed by atoms with Crippen molar-refractivity contribution in [3.8, 4) is 5.75 Å². The molecule has 0 heterocycles. The van der Waals surface area contributed by atoms with Crippen LogP contribution in [0.1, 0.15) is 54.2 Å². The molecule has 2 aromatic rings. The zero-order valence-electron chi connectivity index (χ0n) is 12.0. The molecule has 0 aliphatic heterocycles. The second kappa shape index (κ2) is 4.60. The summed E-state index contributed by atoms with van der Waals surface area (Å²) in [4.78, 5) is 37.8. The number of hydrogen-bond donors (Lipinski definition) is 2. The van der Waals surface area contributed by atoms with E-state index < -0.39 is 17.7 Å². The Labute approximate surface area is 131 Å². The maximum Gasteiger partial charge on any atom is 0.198 e. The number of fused-ring (bicyclic) bond motifs is 4. The Morgan fingerprint density at radius 3 is 2.30 bits per heavy atom. The van der Waals surface area contributed by atoms with E-state index >= 15 is 0 Å². The topological polar surface area (TPSA) is 91.7 Å². The van der Waals surface area contributed by atoms with Gasteiger partial charge in [0.05, 0.1) is 11.7 Å². The molecular weight excluding hydrogens is 296 g/mol. The predicted molar refractivity (Wildman–Crippen MR) is 80.1 cm³/mol. The van der Waals surface area contributed by atoms with Crippen LogP contribution in [0.2, 0.25) is 0 Å². The fourth-order valence-corrected chi connectivity index (χ4v) is 3.44. The third-order valence-electron chi connectivity index (χ3n) is 4.43. The van der Waals surface area contributed by atoms with Crippen LogP contribution in [-0.2, 0) is 6.42 Å². The number of phenols is 1. The Hall–Kier alpha value is -2.79. The molecule has 0 bridgehead atoms. The third-order valence-corrected chi connectivity index (χ3v) is 4.43. The Morgan fingerprint density at radius 1 is 0.826 bits per heavy atom. The fraction of sp³-hybridized carbons (Fsp3) is 0.167. The van der Waals surface area contributed by atoms with E-state index in [1.165, 1.54) is 24.3 Å². The Bertz CT molecular complexity index is 910. The zero-order valence-corrected chi connectivity index (χ0v) is 12.0. The summed E-state index contributed by atoms with van der Waals surface area (Å²) in [6, 6.07) is 7.42. The highest BCUT2D eigenvalue weighted by atomic mass is 16.3. The lowest BCUT2D eigenvalue weighted by Gasteiger charge is -2.26. The zero-order chi connectivity index (χ0) is 16.3. The molecule has 0 amide bonds. The molecular formula is C18H12O5. The van der Waals surface area contributed by atoms with Gasteiger partial charge < -0.3 is 10.2 Å². The molecule has 2 aromatic carbocycles. The standard InChI is InChI=1S/C18H12O5/c19-9-6-8-4-5-11-16(14(8)13(21)7-9)18(23)10-2-1-3-12(20)15(10)17(11)22/h1-5,9,19-20H,6-7H2. The molecule has 1 atom stereocenters. The highest BCUT2D eigenvalue weighted by Gasteiger charge is 2.37. The van der Waals surface area contributed by atoms with Gasteiger partial charge in [-0.25, -0.2) is 0 Å². The molecule has 2 aliphatic carbocycles. The van der Waals surface area contributed by atoms with Crippen LogP contribution in [0.25, 0.3) is 0 Å². The van der Waals surface area contributed by atoms with Crippen LogP contribution in [0.5, 0.6) is 5.75 Å². The fourth-order valence-electron chi connectivity index (χ4n) is 3.44. The van der Waals surface area contributed by atoms with Crippen LogP contribution in [0.4, 0.5) is 0 Å². The number of Topliss-reactive ketones (excluding diaryl/α,β-unsaturated/α-hetero) is 1. The molecule has 1 unspecified atom stereocenters. The van der Waals surface area contributed by atoms with Gasteiger partial charge in [-0.2, -0.15) is 0 Å². The molecule has 0 saturated heterocycles. The summed E-state index contributed by atoms with van der Waals surface area (Å²) >= 11 is 0. The maximum atomic E-state index is 12.8. The quantitative estimate of drug-likeness (QED) is 0.659. The minimum absolute atomic E-state index is 0.0201. The number of aromatic hydroxyl groups is 1. The summed E-state index contributed by atoms with van der Waals surface area (Å²) in [7, 11) is 0. The molecule has 4 rings (SSSR count). The molecule has 0 radical (unpaired) electrons. The number of carbonyl (C=O) groups is 3. The van der Waals surface area contributed by atoms with Crippen molar-refractivity contribution in [3.63, 3.8) is 0 Å². The largest absolute Gasteiger partial charge is 0.507 e. The number of aliphatic hydroxyl groups is 1. The van der Waals surface area contributed by atoms with Gasteiger partial charge in [-0.3, -0.25) is 14.4 Å². The van der Waals surface area contributed by atoms with Crippen LogP contribution < -0.4 is 0 Å². The molecule has 0 aromatic heterocycles. The van der Waals surface area contributed by atoms with Crippen LogP contribution in [-0.4, -0.2) is 33.7 Å². The Kier molecular flexibility index (Phi) is 2.77. The van der Waals surface area contributed by atoms with Crippen LogP contribution >= 0.6 is 0 Å². The van der Waals surface area contributed by atoms with Crippen molar-refractivity contribution < 1.29 is 24.6 Å². The predicted octanol–water partition coefficient (Wildman–Crippen LogP) is 1.66. The second-order valence-corrected chi connectivity index (χ2v) is 5.87. The van der Waals surface area contributed by atoms with Gasteiger partial charge in [-0.15, -0.1) is 0 Å². The van der Waals surface area contributed by atoms with Crippen molar-refractivity contribution in [2.75, 3.05) is 0 Å². The van der Waals surface area contributed by atoms with Gasteiger partial charge in [0.1, 0.15) is 5.75 Å². The van der Waals surface area contributed by atoms with Crippen molar-refractivity contribution in [3.05, 3.63) is 63.7 Å². The number of ketones is 3. The first-order valence-corrected chi connectivity index (χ1v) is 7.27. The van der Waals surface area contributed by atoms with E-state index in [0.717, 1.165) is 0 Å². The van der Waals surface area contributed by atoms with E-state index in [4.69, 9.17) is 0 Å². The summed E-state index contributed by atoms with van der Waals surface area (Å²) in [5, 5.41) is 19.7. The van der Waals surface area contributed by atoms with E-state index in [0.29, 0.717) is 5.56 Å². The summed E-state index contributed by atoms with van der Waals surface area (Å²) in [5.41, 5.74) is 1.13. The van der Waals surface area contributed by atoms with Gasteiger partial charge >= 0.3 is 0 Å². The van der Waals surface area contributed by atoms with E-state index in [-0.39, 0.29) is 52.2 Å². The summed E-state index contributed by atoms with van der Waals surface area (Å²) < 4.78 is 0. The highest BCUT2D eigenvalue weighted by molar-refractivity contribution is 6.32.